The highest BCUT2D eigenvalue weighted by atomic mass is 35.5. The summed E-state index contributed by atoms with van der Waals surface area (Å²) in [5.74, 6) is -0.804. The largest absolute Gasteiger partial charge is 0.495 e. The van der Waals surface area contributed by atoms with Crippen molar-refractivity contribution in [3.05, 3.63) is 50.3 Å². The van der Waals surface area contributed by atoms with Crippen molar-refractivity contribution in [1.29, 1.82) is 0 Å². The first-order valence-electron chi connectivity index (χ1n) is 8.23. The summed E-state index contributed by atoms with van der Waals surface area (Å²) < 4.78 is 6.26. The van der Waals surface area contributed by atoms with E-state index < -0.39 is 17.4 Å². The van der Waals surface area contributed by atoms with Gasteiger partial charge in [-0.15, -0.1) is 11.3 Å². The predicted molar refractivity (Wildman–Crippen MR) is 107 cm³/mol. The van der Waals surface area contributed by atoms with Crippen molar-refractivity contribution in [2.45, 2.75) is 19.9 Å². The minimum absolute atomic E-state index is 0.00925. The van der Waals surface area contributed by atoms with Crippen LogP contribution in [0.2, 0.25) is 5.02 Å². The zero-order valence-electron chi connectivity index (χ0n) is 15.0. The number of aryl methyl sites for hydroxylation is 1. The van der Waals surface area contributed by atoms with Crippen LogP contribution >= 0.6 is 22.9 Å². The number of rotatable bonds is 6. The molecule has 0 aliphatic heterocycles. The molecule has 0 saturated carbocycles. The summed E-state index contributed by atoms with van der Waals surface area (Å²) in [6, 6.07) is 4.76. The molecular formula is C18H16ClN3O5S. The number of aromatic carboxylic acids is 1. The van der Waals surface area contributed by atoms with Crippen LogP contribution in [0.4, 0.5) is 5.69 Å². The molecular weight excluding hydrogens is 406 g/mol. The first-order valence-corrected chi connectivity index (χ1v) is 9.49. The molecule has 0 atom stereocenters. The fourth-order valence-corrected chi connectivity index (χ4v) is 3.92. The van der Waals surface area contributed by atoms with Crippen LogP contribution in [0.25, 0.3) is 10.2 Å². The number of ether oxygens (including phenoxy) is 1. The quantitative estimate of drug-likeness (QED) is 0.633. The van der Waals surface area contributed by atoms with Gasteiger partial charge in [0.15, 0.2) is 0 Å². The highest BCUT2D eigenvalue weighted by molar-refractivity contribution is 7.17. The highest BCUT2D eigenvalue weighted by Gasteiger charge is 2.20. The molecule has 28 heavy (non-hydrogen) atoms. The number of benzene rings is 1. The Morgan fingerprint density at radius 3 is 2.75 bits per heavy atom. The molecule has 146 valence electrons. The van der Waals surface area contributed by atoms with Gasteiger partial charge in [0.2, 0.25) is 5.91 Å². The summed E-state index contributed by atoms with van der Waals surface area (Å²) in [6.45, 7) is 1.50. The number of amides is 1. The minimum Gasteiger partial charge on any atom is -0.495 e. The molecule has 3 aromatic rings. The Morgan fingerprint density at radius 2 is 2.14 bits per heavy atom. The molecule has 1 amide bonds. The van der Waals surface area contributed by atoms with Gasteiger partial charge in [-0.3, -0.25) is 14.2 Å². The van der Waals surface area contributed by atoms with Crippen molar-refractivity contribution >= 4 is 50.7 Å². The molecule has 0 saturated heterocycles. The van der Waals surface area contributed by atoms with Crippen LogP contribution in [0.15, 0.2) is 28.4 Å². The number of halogens is 1. The van der Waals surface area contributed by atoms with E-state index in [0.717, 1.165) is 11.3 Å². The van der Waals surface area contributed by atoms with Crippen molar-refractivity contribution in [3.8, 4) is 5.75 Å². The number of thiophene rings is 1. The van der Waals surface area contributed by atoms with E-state index in [-0.39, 0.29) is 17.5 Å². The third-order valence-electron chi connectivity index (χ3n) is 4.06. The number of nitrogens with one attached hydrogen (secondary N) is 1. The van der Waals surface area contributed by atoms with E-state index in [0.29, 0.717) is 33.5 Å². The number of methoxy groups -OCH3 is 1. The standard InChI is InChI=1S/C18H16ClN3O5S/c1-3-13-21-16-15(10(8-28-16)18(25)26)17(24)22(13)7-14(23)20-9-4-5-12(27-2)11(19)6-9/h4-6,8H,3,7H2,1-2H3,(H,20,23)(H,25,26). The van der Waals surface area contributed by atoms with Gasteiger partial charge in [-0.2, -0.15) is 0 Å². The molecule has 1 aromatic carbocycles. The van der Waals surface area contributed by atoms with Crippen LogP contribution in [0, 0.1) is 0 Å². The second kappa shape index (κ2) is 7.99. The third kappa shape index (κ3) is 3.71. The molecule has 2 heterocycles. The number of anilines is 1. The zero-order chi connectivity index (χ0) is 20.4. The molecule has 2 aromatic heterocycles. The molecule has 0 bridgehead atoms. The van der Waals surface area contributed by atoms with Gasteiger partial charge in [0.05, 0.1) is 23.1 Å². The molecule has 2 N–H and O–H groups in total. The van der Waals surface area contributed by atoms with Crippen molar-refractivity contribution < 1.29 is 19.4 Å². The zero-order valence-corrected chi connectivity index (χ0v) is 16.6. The molecule has 8 nitrogen and oxygen atoms in total. The lowest BCUT2D eigenvalue weighted by atomic mass is 10.2. The van der Waals surface area contributed by atoms with Gasteiger partial charge in [-0.05, 0) is 18.2 Å². The normalized spacial score (nSPS) is 10.8. The summed E-state index contributed by atoms with van der Waals surface area (Å²) in [5, 5.41) is 13.7. The van der Waals surface area contributed by atoms with Crippen LogP contribution in [-0.4, -0.2) is 33.6 Å². The van der Waals surface area contributed by atoms with Crippen molar-refractivity contribution in [2.24, 2.45) is 0 Å². The lowest BCUT2D eigenvalue weighted by Crippen LogP contribution is -2.31. The Bertz CT molecular complexity index is 1140. The summed E-state index contributed by atoms with van der Waals surface area (Å²) in [5.41, 5.74) is -0.225. The maximum Gasteiger partial charge on any atom is 0.337 e. The van der Waals surface area contributed by atoms with Crippen molar-refractivity contribution in [2.75, 3.05) is 12.4 Å². The van der Waals surface area contributed by atoms with Gasteiger partial charge in [0.1, 0.15) is 22.9 Å². The SMILES string of the molecule is CCc1nc2scc(C(=O)O)c2c(=O)n1CC(=O)Nc1ccc(OC)c(Cl)c1. The smallest absolute Gasteiger partial charge is 0.337 e. The Kier molecular flexibility index (Phi) is 5.66. The van der Waals surface area contributed by atoms with E-state index >= 15 is 0 Å². The average molecular weight is 422 g/mol. The molecule has 0 radical (unpaired) electrons. The van der Waals surface area contributed by atoms with Gasteiger partial charge >= 0.3 is 5.97 Å². The Balaban J connectivity index is 1.94. The maximum atomic E-state index is 12.9. The van der Waals surface area contributed by atoms with E-state index in [4.69, 9.17) is 16.3 Å². The van der Waals surface area contributed by atoms with Crippen LogP contribution in [-0.2, 0) is 17.8 Å². The van der Waals surface area contributed by atoms with Gasteiger partial charge in [-0.1, -0.05) is 18.5 Å². The number of hydrogen-bond donors (Lipinski definition) is 2. The molecule has 3 rings (SSSR count). The number of nitrogens with zero attached hydrogens (tertiary/aromatic N) is 2. The van der Waals surface area contributed by atoms with E-state index in [9.17, 15) is 19.5 Å². The Morgan fingerprint density at radius 1 is 1.39 bits per heavy atom. The fraction of sp³-hybridized carbons (Fsp3) is 0.222. The Hall–Kier alpha value is -2.91. The topological polar surface area (TPSA) is 111 Å². The van der Waals surface area contributed by atoms with Crippen LogP contribution in [0.5, 0.6) is 5.75 Å². The number of carbonyl (C=O) groups excluding carboxylic acids is 1. The molecule has 0 fully saturated rings. The van der Waals surface area contributed by atoms with Crippen molar-refractivity contribution in [1.82, 2.24) is 9.55 Å². The summed E-state index contributed by atoms with van der Waals surface area (Å²) in [7, 11) is 1.48. The number of aromatic nitrogens is 2. The first-order chi connectivity index (χ1) is 13.3. The summed E-state index contributed by atoms with van der Waals surface area (Å²) >= 11 is 7.14. The number of carboxylic acid groups (broad SMARTS) is 1. The van der Waals surface area contributed by atoms with E-state index in [1.165, 1.54) is 23.1 Å². The summed E-state index contributed by atoms with van der Waals surface area (Å²) in [4.78, 5) is 41.4. The third-order valence-corrected chi connectivity index (χ3v) is 5.22. The van der Waals surface area contributed by atoms with Gasteiger partial charge in [0, 0.05) is 17.5 Å². The van der Waals surface area contributed by atoms with E-state index in [1.54, 1.807) is 19.1 Å². The number of hydrogen-bond acceptors (Lipinski definition) is 6. The number of carbonyl (C=O) groups is 2. The van der Waals surface area contributed by atoms with Gasteiger partial charge < -0.3 is 15.2 Å². The number of carboxylic acids is 1. The van der Waals surface area contributed by atoms with Crippen LogP contribution in [0.3, 0.4) is 0 Å². The molecule has 10 heteroatoms. The molecule has 0 spiro atoms. The summed E-state index contributed by atoms with van der Waals surface area (Å²) in [6.07, 6.45) is 0.410. The highest BCUT2D eigenvalue weighted by Crippen LogP contribution is 2.27. The lowest BCUT2D eigenvalue weighted by molar-refractivity contribution is -0.116. The first kappa shape index (κ1) is 19.8. The van der Waals surface area contributed by atoms with E-state index in [2.05, 4.69) is 10.3 Å². The van der Waals surface area contributed by atoms with Crippen molar-refractivity contribution in [3.63, 3.8) is 0 Å². The van der Waals surface area contributed by atoms with Crippen LogP contribution in [0.1, 0.15) is 23.1 Å². The monoisotopic (exact) mass is 421 g/mol. The molecule has 0 unspecified atom stereocenters. The fourth-order valence-electron chi connectivity index (χ4n) is 2.75. The average Bonchev–Trinajstić information content (AvgIpc) is 3.08. The Labute approximate surface area is 168 Å². The maximum absolute atomic E-state index is 12.9. The minimum atomic E-state index is -1.21. The number of fused-ring (bicyclic) bond motifs is 1. The molecule has 0 aliphatic rings. The van der Waals surface area contributed by atoms with E-state index in [1.807, 2.05) is 0 Å². The van der Waals surface area contributed by atoms with Gasteiger partial charge in [-0.25, -0.2) is 9.78 Å². The second-order valence-electron chi connectivity index (χ2n) is 5.81. The predicted octanol–water partition coefficient (Wildman–Crippen LogP) is 3.02. The second-order valence-corrected chi connectivity index (χ2v) is 7.07. The van der Waals surface area contributed by atoms with Crippen LogP contribution < -0.4 is 15.6 Å². The van der Waals surface area contributed by atoms with Gasteiger partial charge in [0.25, 0.3) is 5.56 Å². The molecule has 0 aliphatic carbocycles. The lowest BCUT2D eigenvalue weighted by Gasteiger charge is -2.12.